The third kappa shape index (κ3) is 12.5. The summed E-state index contributed by atoms with van der Waals surface area (Å²) in [7, 11) is 0. The first kappa shape index (κ1) is 28.3. The molecular weight excluding hydrogens is 354 g/mol. The molecule has 0 saturated carbocycles. The van der Waals surface area contributed by atoms with Crippen LogP contribution in [0.2, 0.25) is 0 Å². The Hall–Kier alpha value is 0.0900. The van der Waals surface area contributed by atoms with Crippen molar-refractivity contribution in [2.45, 2.75) is 103 Å². The van der Waals surface area contributed by atoms with Crippen LogP contribution in [0.4, 0.5) is 0 Å². The van der Waals surface area contributed by atoms with Crippen LogP contribution in [0.3, 0.4) is 0 Å². The molecular formula is C20H44ClNO4. The van der Waals surface area contributed by atoms with Gasteiger partial charge >= 0.3 is 0 Å². The molecule has 0 saturated heterocycles. The van der Waals surface area contributed by atoms with Gasteiger partial charge in [0.05, 0.1) is 0 Å². The minimum Gasteiger partial charge on any atom is -1.00 e. The summed E-state index contributed by atoms with van der Waals surface area (Å²) in [5.74, 6) is 0. The zero-order valence-corrected chi connectivity index (χ0v) is 18.2. The second-order valence-corrected chi connectivity index (χ2v) is 7.84. The van der Waals surface area contributed by atoms with Crippen molar-refractivity contribution in [3.8, 4) is 0 Å². The minimum absolute atomic E-state index is 0. The van der Waals surface area contributed by atoms with Crippen molar-refractivity contribution < 1.29 is 37.3 Å². The first-order valence-corrected chi connectivity index (χ1v) is 10.4. The average Bonchev–Trinajstić information content (AvgIpc) is 2.47. The Morgan fingerprint density at radius 3 is 0.846 bits per heavy atom. The molecule has 4 atom stereocenters. The van der Waals surface area contributed by atoms with E-state index in [1.54, 1.807) is 0 Å². The molecule has 0 radical (unpaired) electrons. The zero-order valence-electron chi connectivity index (χ0n) is 17.4. The van der Waals surface area contributed by atoms with Gasteiger partial charge in [0.25, 0.3) is 0 Å². The van der Waals surface area contributed by atoms with Crippen LogP contribution in [0.25, 0.3) is 0 Å². The predicted octanol–water partition coefficient (Wildman–Crippen LogP) is -0.549. The van der Waals surface area contributed by atoms with Crippen molar-refractivity contribution in [1.82, 2.24) is 0 Å². The highest BCUT2D eigenvalue weighted by molar-refractivity contribution is 4.67. The number of rotatable bonds is 16. The SMILES string of the molecule is CCCC(O)C[N+](CC(O)CCC)(CC(O)CCC)CC(O)CCC.[Cl-]. The molecule has 0 heterocycles. The largest absolute Gasteiger partial charge is 1.00 e. The molecule has 0 aliphatic rings. The van der Waals surface area contributed by atoms with Crippen LogP contribution in [0.5, 0.6) is 0 Å². The Morgan fingerprint density at radius 1 is 0.500 bits per heavy atom. The molecule has 4 N–H and O–H groups in total. The van der Waals surface area contributed by atoms with Crippen molar-refractivity contribution in [2.24, 2.45) is 0 Å². The van der Waals surface area contributed by atoms with Gasteiger partial charge in [-0.1, -0.05) is 53.4 Å². The molecule has 0 amide bonds. The van der Waals surface area contributed by atoms with Gasteiger partial charge in [0.15, 0.2) is 0 Å². The molecule has 26 heavy (non-hydrogen) atoms. The Morgan fingerprint density at radius 2 is 0.692 bits per heavy atom. The lowest BCUT2D eigenvalue weighted by atomic mass is 10.0. The second-order valence-electron chi connectivity index (χ2n) is 7.84. The summed E-state index contributed by atoms with van der Waals surface area (Å²) < 4.78 is 0.394. The van der Waals surface area contributed by atoms with E-state index < -0.39 is 24.4 Å². The fourth-order valence-corrected chi connectivity index (χ4v) is 3.93. The first-order valence-electron chi connectivity index (χ1n) is 10.4. The van der Waals surface area contributed by atoms with Gasteiger partial charge in [-0.05, 0) is 25.7 Å². The van der Waals surface area contributed by atoms with Gasteiger partial charge in [-0.15, -0.1) is 0 Å². The standard InChI is InChI=1S/C20H44NO4.ClH/c1-5-9-17(22)13-21(14-18(23)10-6-2,15-19(24)11-7-3)16-20(25)12-8-4;/h17-20,22-25H,5-16H2,1-4H3;1H/q+1;/p-1. The second kappa shape index (κ2) is 16.1. The van der Waals surface area contributed by atoms with E-state index in [1.807, 2.05) is 27.7 Å². The molecule has 160 valence electrons. The number of hydrogen-bond acceptors (Lipinski definition) is 4. The van der Waals surface area contributed by atoms with Gasteiger partial charge in [-0.25, -0.2) is 0 Å². The van der Waals surface area contributed by atoms with Crippen molar-refractivity contribution in [3.05, 3.63) is 0 Å². The lowest BCUT2D eigenvalue weighted by Gasteiger charge is -2.43. The number of aliphatic hydroxyl groups excluding tert-OH is 4. The number of quaternary nitrogens is 1. The maximum atomic E-state index is 10.5. The summed E-state index contributed by atoms with van der Waals surface area (Å²) >= 11 is 0. The minimum atomic E-state index is -0.471. The predicted molar refractivity (Wildman–Crippen MR) is 103 cm³/mol. The molecule has 0 fully saturated rings. The third-order valence-corrected chi connectivity index (χ3v) is 4.88. The molecule has 0 aliphatic heterocycles. The van der Waals surface area contributed by atoms with Gasteiger partial charge in [0.1, 0.15) is 50.6 Å². The summed E-state index contributed by atoms with van der Waals surface area (Å²) in [6, 6.07) is 0. The normalized spacial score (nSPS) is 18.5. The number of aliphatic hydroxyl groups is 4. The monoisotopic (exact) mass is 397 g/mol. The number of halogens is 1. The van der Waals surface area contributed by atoms with Gasteiger partial charge in [-0.2, -0.15) is 0 Å². The summed E-state index contributed by atoms with van der Waals surface area (Å²) in [5, 5.41) is 41.8. The van der Waals surface area contributed by atoms with Crippen molar-refractivity contribution in [2.75, 3.05) is 26.2 Å². The van der Waals surface area contributed by atoms with Gasteiger partial charge in [0.2, 0.25) is 0 Å². The maximum Gasteiger partial charge on any atom is 0.105 e. The number of nitrogens with zero attached hydrogens (tertiary/aromatic N) is 1. The molecule has 0 spiro atoms. The molecule has 0 bridgehead atoms. The molecule has 0 aromatic rings. The molecule has 5 nitrogen and oxygen atoms in total. The smallest absolute Gasteiger partial charge is 0.105 e. The molecule has 4 unspecified atom stereocenters. The van der Waals surface area contributed by atoms with E-state index >= 15 is 0 Å². The fourth-order valence-electron chi connectivity index (χ4n) is 3.93. The molecule has 0 aromatic heterocycles. The Labute approximate surface area is 167 Å². The summed E-state index contributed by atoms with van der Waals surface area (Å²) in [5.41, 5.74) is 0. The van der Waals surface area contributed by atoms with Gasteiger partial charge in [0, 0.05) is 0 Å². The van der Waals surface area contributed by atoms with Gasteiger partial charge in [-0.3, -0.25) is 0 Å². The van der Waals surface area contributed by atoms with E-state index in [1.165, 1.54) is 0 Å². The third-order valence-electron chi connectivity index (χ3n) is 4.88. The zero-order chi connectivity index (χ0) is 19.3. The Balaban J connectivity index is 0. The number of hydrogen-bond donors (Lipinski definition) is 4. The van der Waals surface area contributed by atoms with Crippen LogP contribution in [0.1, 0.15) is 79.1 Å². The average molecular weight is 398 g/mol. The van der Waals surface area contributed by atoms with Crippen molar-refractivity contribution in [1.29, 1.82) is 0 Å². The van der Waals surface area contributed by atoms with Gasteiger partial charge < -0.3 is 37.3 Å². The highest BCUT2D eigenvalue weighted by Gasteiger charge is 2.36. The molecule has 0 aliphatic carbocycles. The molecule has 6 heteroatoms. The van der Waals surface area contributed by atoms with Crippen LogP contribution in [-0.2, 0) is 0 Å². The fraction of sp³-hybridized carbons (Fsp3) is 1.00. The van der Waals surface area contributed by atoms with Crippen LogP contribution >= 0.6 is 0 Å². The van der Waals surface area contributed by atoms with E-state index in [0.717, 1.165) is 25.7 Å². The van der Waals surface area contributed by atoms with Crippen LogP contribution in [0, 0.1) is 0 Å². The van der Waals surface area contributed by atoms with E-state index in [4.69, 9.17) is 0 Å². The van der Waals surface area contributed by atoms with Crippen molar-refractivity contribution in [3.63, 3.8) is 0 Å². The molecule has 0 aromatic carbocycles. The lowest BCUT2D eigenvalue weighted by Crippen LogP contribution is -3.00. The van der Waals surface area contributed by atoms with Crippen molar-refractivity contribution >= 4 is 0 Å². The summed E-state index contributed by atoms with van der Waals surface area (Å²) in [6.45, 7) is 10.1. The maximum absolute atomic E-state index is 10.5. The first-order chi connectivity index (χ1) is 11.8. The highest BCUT2D eigenvalue weighted by Crippen LogP contribution is 2.19. The Kier molecular flexibility index (Phi) is 17.5. The molecule has 0 rings (SSSR count). The van der Waals surface area contributed by atoms with Crippen LogP contribution < -0.4 is 12.4 Å². The highest BCUT2D eigenvalue weighted by atomic mass is 35.5. The topological polar surface area (TPSA) is 80.9 Å². The quantitative estimate of drug-likeness (QED) is 0.263. The van der Waals surface area contributed by atoms with Crippen LogP contribution in [0.15, 0.2) is 0 Å². The summed E-state index contributed by atoms with van der Waals surface area (Å²) in [6.07, 6.45) is 4.53. The van der Waals surface area contributed by atoms with E-state index in [0.29, 0.717) is 56.3 Å². The summed E-state index contributed by atoms with van der Waals surface area (Å²) in [4.78, 5) is 0. The lowest BCUT2D eigenvalue weighted by molar-refractivity contribution is -0.939. The van der Waals surface area contributed by atoms with E-state index in [2.05, 4.69) is 0 Å². The van der Waals surface area contributed by atoms with Crippen LogP contribution in [-0.4, -0.2) is 75.5 Å². The Bertz CT molecular complexity index is 259. The van der Waals surface area contributed by atoms with E-state index in [-0.39, 0.29) is 12.4 Å². The van der Waals surface area contributed by atoms with E-state index in [9.17, 15) is 20.4 Å².